The number of amides is 1. The number of carbonyl (C=O) groups excluding carboxylic acids is 1. The number of benzene rings is 2. The van der Waals surface area contributed by atoms with Gasteiger partial charge in [0.25, 0.3) is 11.6 Å². The zero-order valence-electron chi connectivity index (χ0n) is 16.5. The van der Waals surface area contributed by atoms with Crippen molar-refractivity contribution in [1.29, 1.82) is 0 Å². The molecule has 4 rings (SSSR count). The van der Waals surface area contributed by atoms with E-state index in [1.807, 2.05) is 19.1 Å². The molecule has 0 aliphatic carbocycles. The van der Waals surface area contributed by atoms with Crippen molar-refractivity contribution in [2.45, 2.75) is 13.3 Å². The van der Waals surface area contributed by atoms with E-state index >= 15 is 0 Å². The van der Waals surface area contributed by atoms with E-state index in [1.54, 1.807) is 17.0 Å². The van der Waals surface area contributed by atoms with E-state index in [-0.39, 0.29) is 11.6 Å². The van der Waals surface area contributed by atoms with E-state index in [1.165, 1.54) is 24.3 Å². The van der Waals surface area contributed by atoms with Gasteiger partial charge < -0.3 is 9.80 Å². The lowest BCUT2D eigenvalue weighted by molar-refractivity contribution is -0.383. The molecule has 2 heterocycles. The third-order valence-electron chi connectivity index (χ3n) is 5.32. The van der Waals surface area contributed by atoms with Gasteiger partial charge in [0.2, 0.25) is 0 Å². The summed E-state index contributed by atoms with van der Waals surface area (Å²) in [4.78, 5) is 32.1. The van der Waals surface area contributed by atoms with Crippen LogP contribution in [0.15, 0.2) is 48.5 Å². The van der Waals surface area contributed by atoms with Crippen molar-refractivity contribution in [3.63, 3.8) is 0 Å². The third-order valence-corrected chi connectivity index (χ3v) is 5.32. The van der Waals surface area contributed by atoms with Gasteiger partial charge in [0, 0.05) is 54.6 Å². The zero-order valence-corrected chi connectivity index (χ0v) is 16.5. The Morgan fingerprint density at radius 2 is 1.90 bits per heavy atom. The van der Waals surface area contributed by atoms with Crippen LogP contribution in [0.25, 0.3) is 10.9 Å². The normalized spacial score (nSPS) is 14.6. The summed E-state index contributed by atoms with van der Waals surface area (Å²) >= 11 is 0. The van der Waals surface area contributed by atoms with E-state index in [9.17, 15) is 19.3 Å². The number of hydrogen-bond donors (Lipinski definition) is 0. The lowest BCUT2D eigenvalue weighted by Gasteiger charge is -2.25. The highest BCUT2D eigenvalue weighted by molar-refractivity contribution is 5.97. The van der Waals surface area contributed by atoms with E-state index in [0.717, 1.165) is 17.5 Å². The largest absolute Gasteiger partial charge is 0.369 e. The molecule has 0 unspecified atom stereocenters. The fraction of sp³-hybridized carbons (Fsp3) is 0.273. The number of hydrogen-bond acceptors (Lipinski definition) is 5. The predicted octanol–water partition coefficient (Wildman–Crippen LogP) is 3.94. The quantitative estimate of drug-likeness (QED) is 0.484. The summed E-state index contributed by atoms with van der Waals surface area (Å²) in [6, 6.07) is 12.6. The molecule has 3 aromatic rings. The number of nitrogens with zero attached hydrogens (tertiary/aromatic N) is 4. The molecule has 1 aliphatic rings. The van der Waals surface area contributed by atoms with E-state index in [2.05, 4.69) is 9.88 Å². The van der Waals surface area contributed by atoms with Crippen LogP contribution in [0.1, 0.15) is 22.5 Å². The lowest BCUT2D eigenvalue weighted by Crippen LogP contribution is -2.35. The maximum atomic E-state index is 13.5. The highest BCUT2D eigenvalue weighted by atomic mass is 19.1. The molecule has 0 bridgehead atoms. The smallest absolute Gasteiger partial charge is 0.295 e. The second kappa shape index (κ2) is 8.06. The second-order valence-corrected chi connectivity index (χ2v) is 7.36. The van der Waals surface area contributed by atoms with Crippen LogP contribution in [-0.4, -0.2) is 46.9 Å². The predicted molar refractivity (Wildman–Crippen MR) is 112 cm³/mol. The van der Waals surface area contributed by atoms with Gasteiger partial charge in [-0.05, 0) is 37.6 Å². The Kier molecular flexibility index (Phi) is 5.31. The van der Waals surface area contributed by atoms with Crippen LogP contribution >= 0.6 is 0 Å². The third kappa shape index (κ3) is 3.80. The van der Waals surface area contributed by atoms with Gasteiger partial charge in [-0.15, -0.1) is 0 Å². The van der Waals surface area contributed by atoms with Crippen LogP contribution in [-0.2, 0) is 0 Å². The molecule has 2 aromatic carbocycles. The van der Waals surface area contributed by atoms with Gasteiger partial charge in [-0.25, -0.2) is 9.37 Å². The minimum atomic E-state index is -0.433. The van der Waals surface area contributed by atoms with Gasteiger partial charge in [0.05, 0.1) is 4.92 Å². The SMILES string of the molecule is Cc1cc(N2CCCN(C(=O)c3cccc(F)c3)CC2)c2cccc([N+](=O)[O-])c2n1. The van der Waals surface area contributed by atoms with E-state index in [0.29, 0.717) is 43.0 Å². The maximum Gasteiger partial charge on any atom is 0.295 e. The molecular formula is C22H21FN4O3. The number of aromatic nitrogens is 1. The molecule has 1 fully saturated rings. The molecule has 0 spiro atoms. The van der Waals surface area contributed by atoms with Crippen molar-refractivity contribution in [1.82, 2.24) is 9.88 Å². The number of rotatable bonds is 3. The average Bonchev–Trinajstić information content (AvgIpc) is 2.98. The first-order valence-electron chi connectivity index (χ1n) is 9.78. The molecule has 8 heteroatoms. The number of nitro benzene ring substituents is 1. The summed E-state index contributed by atoms with van der Waals surface area (Å²) in [6.07, 6.45) is 0.735. The van der Waals surface area contributed by atoms with Gasteiger partial charge in [0.15, 0.2) is 5.52 Å². The Balaban J connectivity index is 1.62. The van der Waals surface area contributed by atoms with Crippen molar-refractivity contribution in [3.05, 3.63) is 75.7 Å². The molecule has 0 N–H and O–H groups in total. The van der Waals surface area contributed by atoms with Gasteiger partial charge in [-0.1, -0.05) is 18.2 Å². The van der Waals surface area contributed by atoms with Gasteiger partial charge in [0.1, 0.15) is 5.82 Å². The summed E-state index contributed by atoms with van der Waals surface area (Å²) in [7, 11) is 0. The Labute approximate surface area is 172 Å². The molecule has 7 nitrogen and oxygen atoms in total. The van der Waals surface area contributed by atoms with Crippen LogP contribution in [0.5, 0.6) is 0 Å². The number of pyridine rings is 1. The van der Waals surface area contributed by atoms with Crippen LogP contribution < -0.4 is 4.90 Å². The molecular weight excluding hydrogens is 387 g/mol. The zero-order chi connectivity index (χ0) is 21.3. The first-order chi connectivity index (χ1) is 14.4. The van der Waals surface area contributed by atoms with Gasteiger partial charge in [-0.3, -0.25) is 14.9 Å². The fourth-order valence-corrected chi connectivity index (χ4v) is 3.91. The monoisotopic (exact) mass is 408 g/mol. The van der Waals surface area contributed by atoms with Gasteiger partial charge >= 0.3 is 0 Å². The molecule has 30 heavy (non-hydrogen) atoms. The topological polar surface area (TPSA) is 79.6 Å². The van der Waals surface area contributed by atoms with Crippen LogP contribution in [0.4, 0.5) is 15.8 Å². The number of anilines is 1. The molecule has 1 aromatic heterocycles. The molecule has 0 atom stereocenters. The highest BCUT2D eigenvalue weighted by Crippen LogP contribution is 2.32. The first kappa shape index (κ1) is 19.8. The second-order valence-electron chi connectivity index (χ2n) is 7.36. The fourth-order valence-electron chi connectivity index (χ4n) is 3.91. The van der Waals surface area contributed by atoms with Crippen LogP contribution in [0.3, 0.4) is 0 Å². The van der Waals surface area contributed by atoms with E-state index in [4.69, 9.17) is 0 Å². The van der Waals surface area contributed by atoms with Gasteiger partial charge in [-0.2, -0.15) is 0 Å². The minimum Gasteiger partial charge on any atom is -0.369 e. The number of aryl methyl sites for hydroxylation is 1. The Morgan fingerprint density at radius 3 is 2.67 bits per heavy atom. The van der Waals surface area contributed by atoms with Crippen LogP contribution in [0, 0.1) is 22.9 Å². The van der Waals surface area contributed by atoms with Crippen molar-refractivity contribution in [2.75, 3.05) is 31.1 Å². The summed E-state index contributed by atoms with van der Waals surface area (Å²) in [5, 5.41) is 12.1. The van der Waals surface area contributed by atoms with E-state index < -0.39 is 10.7 Å². The molecule has 1 saturated heterocycles. The van der Waals surface area contributed by atoms with Crippen LogP contribution in [0.2, 0.25) is 0 Å². The standard InChI is InChI=1S/C22H21FN4O3/c1-15-13-20(18-7-3-8-19(27(29)30)21(18)24-15)25-9-4-10-26(12-11-25)22(28)16-5-2-6-17(23)14-16/h2-3,5-8,13-14H,4,9-12H2,1H3. The van der Waals surface area contributed by atoms with Crippen molar-refractivity contribution < 1.29 is 14.1 Å². The summed E-state index contributed by atoms with van der Waals surface area (Å²) in [6.45, 7) is 4.13. The number of fused-ring (bicyclic) bond motifs is 1. The Hall–Kier alpha value is -3.55. The number of nitro groups is 1. The highest BCUT2D eigenvalue weighted by Gasteiger charge is 2.23. The number of carbonyl (C=O) groups is 1. The number of non-ortho nitro benzene ring substituents is 1. The minimum absolute atomic E-state index is 0.0184. The Morgan fingerprint density at radius 1 is 1.10 bits per heavy atom. The average molecular weight is 408 g/mol. The summed E-state index contributed by atoms with van der Waals surface area (Å²) < 4.78 is 13.5. The van der Waals surface area contributed by atoms with Crippen molar-refractivity contribution >= 4 is 28.2 Å². The Bertz CT molecular complexity index is 1130. The number of para-hydroxylation sites is 1. The number of halogens is 1. The molecule has 0 saturated carbocycles. The maximum absolute atomic E-state index is 13.5. The molecule has 154 valence electrons. The summed E-state index contributed by atoms with van der Waals surface area (Å²) in [5.41, 5.74) is 2.26. The molecule has 0 radical (unpaired) electrons. The van der Waals surface area contributed by atoms with Crippen molar-refractivity contribution in [2.24, 2.45) is 0 Å². The van der Waals surface area contributed by atoms with Crippen molar-refractivity contribution in [3.8, 4) is 0 Å². The first-order valence-corrected chi connectivity index (χ1v) is 9.78. The summed E-state index contributed by atoms with van der Waals surface area (Å²) in [5.74, 6) is -0.625. The lowest BCUT2D eigenvalue weighted by atomic mass is 10.1. The molecule has 1 amide bonds. The molecule has 1 aliphatic heterocycles.